The molecule has 1 unspecified atom stereocenters. The molecule has 0 saturated heterocycles. The molecule has 18 heavy (non-hydrogen) atoms. The van der Waals surface area contributed by atoms with Gasteiger partial charge < -0.3 is 5.32 Å². The van der Waals surface area contributed by atoms with Gasteiger partial charge in [0.25, 0.3) is 0 Å². The first-order valence-electron chi connectivity index (χ1n) is 5.94. The number of hydrogen-bond acceptors (Lipinski definition) is 2. The van der Waals surface area contributed by atoms with Gasteiger partial charge in [-0.15, -0.1) is 0 Å². The van der Waals surface area contributed by atoms with Crippen LogP contribution in [0.5, 0.6) is 0 Å². The van der Waals surface area contributed by atoms with E-state index in [0.29, 0.717) is 0 Å². The van der Waals surface area contributed by atoms with Crippen molar-refractivity contribution in [3.05, 3.63) is 71.5 Å². The Kier molecular flexibility index (Phi) is 4.79. The van der Waals surface area contributed by atoms with E-state index in [1.54, 1.807) is 12.1 Å². The molecule has 0 aliphatic rings. The summed E-state index contributed by atoms with van der Waals surface area (Å²) in [6.45, 7) is 1.51. The average Bonchev–Trinajstić information content (AvgIpc) is 2.42. The zero-order chi connectivity index (χ0) is 12.8. The fourth-order valence-electron chi connectivity index (χ4n) is 1.75. The van der Waals surface area contributed by atoms with Crippen LogP contribution >= 0.6 is 12.6 Å². The van der Waals surface area contributed by atoms with E-state index >= 15 is 0 Å². The molecule has 0 aromatic heterocycles. The number of hydrogen-bond donors (Lipinski definition) is 2. The highest BCUT2D eigenvalue weighted by molar-refractivity contribution is 7.80. The number of halogens is 1. The van der Waals surface area contributed by atoms with E-state index in [1.165, 1.54) is 17.7 Å². The minimum absolute atomic E-state index is 0.173. The van der Waals surface area contributed by atoms with Crippen molar-refractivity contribution in [1.29, 1.82) is 0 Å². The molecule has 3 heteroatoms. The van der Waals surface area contributed by atoms with Crippen LogP contribution in [0.15, 0.2) is 54.6 Å². The fourth-order valence-corrected chi connectivity index (χ4v) is 2.05. The zero-order valence-electron chi connectivity index (χ0n) is 10.0. The number of thiol groups is 1. The van der Waals surface area contributed by atoms with Crippen LogP contribution in [0.1, 0.15) is 16.4 Å². The van der Waals surface area contributed by atoms with Crippen LogP contribution in [0, 0.1) is 5.82 Å². The van der Waals surface area contributed by atoms with Crippen molar-refractivity contribution >= 4 is 12.6 Å². The average molecular weight is 261 g/mol. The molecule has 0 spiro atoms. The van der Waals surface area contributed by atoms with Crippen LogP contribution in [-0.4, -0.2) is 6.54 Å². The van der Waals surface area contributed by atoms with Gasteiger partial charge in [0.05, 0.1) is 0 Å². The third kappa shape index (κ3) is 3.86. The van der Waals surface area contributed by atoms with Crippen molar-refractivity contribution in [3.8, 4) is 0 Å². The standard InChI is InChI=1S/C15H16FNS/c16-14-8-6-12(7-9-14)10-17-11-15(18)13-4-2-1-3-5-13/h1-9,15,17-18H,10-11H2. The van der Waals surface area contributed by atoms with Crippen molar-refractivity contribution in [2.45, 2.75) is 11.8 Å². The van der Waals surface area contributed by atoms with Crippen LogP contribution in [0.4, 0.5) is 4.39 Å². The van der Waals surface area contributed by atoms with E-state index in [4.69, 9.17) is 0 Å². The predicted octanol–water partition coefficient (Wildman–Crippen LogP) is 3.59. The van der Waals surface area contributed by atoms with Crippen LogP contribution < -0.4 is 5.32 Å². The summed E-state index contributed by atoms with van der Waals surface area (Å²) in [6, 6.07) is 16.7. The van der Waals surface area contributed by atoms with Gasteiger partial charge in [-0.3, -0.25) is 0 Å². The minimum atomic E-state index is -0.199. The highest BCUT2D eigenvalue weighted by Gasteiger charge is 2.04. The predicted molar refractivity (Wildman–Crippen MR) is 76.3 cm³/mol. The van der Waals surface area contributed by atoms with E-state index in [-0.39, 0.29) is 11.1 Å². The van der Waals surface area contributed by atoms with Gasteiger partial charge in [0.15, 0.2) is 0 Å². The number of rotatable bonds is 5. The maximum atomic E-state index is 12.7. The van der Waals surface area contributed by atoms with Gasteiger partial charge >= 0.3 is 0 Å². The lowest BCUT2D eigenvalue weighted by Gasteiger charge is -2.12. The number of nitrogens with one attached hydrogen (secondary N) is 1. The van der Waals surface area contributed by atoms with Crippen molar-refractivity contribution in [3.63, 3.8) is 0 Å². The van der Waals surface area contributed by atoms with E-state index < -0.39 is 0 Å². The summed E-state index contributed by atoms with van der Waals surface area (Å²) in [5.74, 6) is -0.199. The molecule has 0 aliphatic heterocycles. The topological polar surface area (TPSA) is 12.0 Å². The maximum Gasteiger partial charge on any atom is 0.123 e. The lowest BCUT2D eigenvalue weighted by Crippen LogP contribution is -2.18. The summed E-state index contributed by atoms with van der Waals surface area (Å²) in [6.07, 6.45) is 0. The fraction of sp³-hybridized carbons (Fsp3) is 0.200. The summed E-state index contributed by atoms with van der Waals surface area (Å²) in [5.41, 5.74) is 2.28. The highest BCUT2D eigenvalue weighted by Crippen LogP contribution is 2.18. The van der Waals surface area contributed by atoms with Crippen molar-refractivity contribution in [2.75, 3.05) is 6.54 Å². The Bertz CT molecular complexity index is 470. The molecule has 2 aromatic rings. The summed E-state index contributed by atoms with van der Waals surface area (Å²) in [7, 11) is 0. The summed E-state index contributed by atoms with van der Waals surface area (Å²) >= 11 is 4.56. The van der Waals surface area contributed by atoms with E-state index in [0.717, 1.165) is 18.7 Å². The Balaban J connectivity index is 1.80. The Hall–Kier alpha value is -1.32. The second kappa shape index (κ2) is 6.57. The highest BCUT2D eigenvalue weighted by atomic mass is 32.1. The van der Waals surface area contributed by atoms with Gasteiger partial charge in [-0.05, 0) is 23.3 Å². The monoisotopic (exact) mass is 261 g/mol. The molecule has 1 atom stereocenters. The molecule has 0 radical (unpaired) electrons. The third-order valence-electron chi connectivity index (χ3n) is 2.76. The van der Waals surface area contributed by atoms with Crippen molar-refractivity contribution in [2.24, 2.45) is 0 Å². The SMILES string of the molecule is Fc1ccc(CNCC(S)c2ccccc2)cc1. The molecule has 0 fully saturated rings. The van der Waals surface area contributed by atoms with Crippen molar-refractivity contribution < 1.29 is 4.39 Å². The van der Waals surface area contributed by atoms with E-state index in [1.807, 2.05) is 18.2 Å². The summed E-state index contributed by atoms with van der Waals surface area (Å²) in [4.78, 5) is 0. The third-order valence-corrected chi connectivity index (χ3v) is 3.25. The second-order valence-corrected chi connectivity index (χ2v) is 4.81. The smallest absolute Gasteiger partial charge is 0.123 e. The lowest BCUT2D eigenvalue weighted by molar-refractivity contribution is 0.624. The van der Waals surface area contributed by atoms with Gasteiger partial charge in [0.2, 0.25) is 0 Å². The first-order chi connectivity index (χ1) is 8.75. The summed E-state index contributed by atoms with van der Waals surface area (Å²) in [5, 5.41) is 3.49. The van der Waals surface area contributed by atoms with Crippen molar-refractivity contribution in [1.82, 2.24) is 5.32 Å². The van der Waals surface area contributed by atoms with E-state index in [9.17, 15) is 4.39 Å². The van der Waals surface area contributed by atoms with Gasteiger partial charge in [-0.2, -0.15) is 12.6 Å². The van der Waals surface area contributed by atoms with Gasteiger partial charge in [0, 0.05) is 18.3 Å². The summed E-state index contributed by atoms with van der Waals surface area (Å²) < 4.78 is 12.7. The van der Waals surface area contributed by atoms with Gasteiger partial charge in [-0.25, -0.2) is 4.39 Å². The van der Waals surface area contributed by atoms with E-state index in [2.05, 4.69) is 30.1 Å². The molecule has 0 saturated carbocycles. The minimum Gasteiger partial charge on any atom is -0.311 e. The van der Waals surface area contributed by atoms with Crippen LogP contribution in [0.3, 0.4) is 0 Å². The number of benzene rings is 2. The molecule has 1 N–H and O–H groups in total. The van der Waals surface area contributed by atoms with Crippen LogP contribution in [0.25, 0.3) is 0 Å². The Morgan fingerprint density at radius 2 is 1.67 bits per heavy atom. The van der Waals surface area contributed by atoms with Crippen LogP contribution in [0.2, 0.25) is 0 Å². The molecule has 2 aromatic carbocycles. The molecular formula is C15H16FNS. The molecule has 0 heterocycles. The second-order valence-electron chi connectivity index (χ2n) is 4.18. The molecular weight excluding hydrogens is 245 g/mol. The first-order valence-corrected chi connectivity index (χ1v) is 6.45. The van der Waals surface area contributed by atoms with Gasteiger partial charge in [0.1, 0.15) is 5.82 Å². The molecule has 0 amide bonds. The van der Waals surface area contributed by atoms with Crippen LogP contribution in [-0.2, 0) is 6.54 Å². The normalized spacial score (nSPS) is 12.3. The molecule has 94 valence electrons. The zero-order valence-corrected chi connectivity index (χ0v) is 10.9. The largest absolute Gasteiger partial charge is 0.311 e. The first kappa shape index (κ1) is 13.1. The molecule has 1 nitrogen and oxygen atoms in total. The Morgan fingerprint density at radius 1 is 1.00 bits per heavy atom. The quantitative estimate of drug-likeness (QED) is 0.784. The Morgan fingerprint density at radius 3 is 2.33 bits per heavy atom. The lowest BCUT2D eigenvalue weighted by atomic mass is 10.1. The molecule has 0 aliphatic carbocycles. The maximum absolute atomic E-state index is 12.7. The van der Waals surface area contributed by atoms with Gasteiger partial charge in [-0.1, -0.05) is 42.5 Å². The molecule has 2 rings (SSSR count). The Labute approximate surface area is 112 Å². The molecule has 0 bridgehead atoms.